The van der Waals surface area contributed by atoms with Crippen LogP contribution >= 0.6 is 11.6 Å². The van der Waals surface area contributed by atoms with E-state index < -0.39 is 0 Å². The molecule has 0 aliphatic rings. The Balaban J connectivity index is 2.60. The van der Waals surface area contributed by atoms with Gasteiger partial charge in [-0.05, 0) is 32.1 Å². The molecule has 0 saturated carbocycles. The summed E-state index contributed by atoms with van der Waals surface area (Å²) in [4.78, 5) is 13.7. The van der Waals surface area contributed by atoms with Gasteiger partial charge < -0.3 is 10.2 Å². The maximum atomic E-state index is 12.0. The minimum absolute atomic E-state index is 0.0262. The number of carbonyl (C=O) groups excluding carboxylic acids is 1. The maximum Gasteiger partial charge on any atom is 0.255 e. The Kier molecular flexibility index (Phi) is 5.29. The van der Waals surface area contributed by atoms with Gasteiger partial charge in [-0.15, -0.1) is 0 Å². The molecule has 88 valence electrons. The number of carbonyl (C=O) groups is 1. The molecule has 0 heterocycles. The second kappa shape index (κ2) is 6.51. The Hall–Kier alpha value is -1.06. The Morgan fingerprint density at radius 1 is 1.44 bits per heavy atom. The van der Waals surface area contributed by atoms with Crippen molar-refractivity contribution >= 4 is 17.5 Å². The summed E-state index contributed by atoms with van der Waals surface area (Å²) in [5, 5.41) is 3.56. The molecular weight excluding hydrogens is 224 g/mol. The van der Waals surface area contributed by atoms with Gasteiger partial charge in [0.25, 0.3) is 5.91 Å². The van der Waals surface area contributed by atoms with E-state index in [-0.39, 0.29) is 5.91 Å². The highest BCUT2D eigenvalue weighted by atomic mass is 35.5. The lowest BCUT2D eigenvalue weighted by atomic mass is 10.2. The number of nitrogens with zero attached hydrogens (tertiary/aromatic N) is 1. The molecular formula is C12H17ClN2O. The second-order valence-electron chi connectivity index (χ2n) is 3.66. The van der Waals surface area contributed by atoms with Gasteiger partial charge in [0.05, 0.1) is 10.6 Å². The predicted molar refractivity (Wildman–Crippen MR) is 67.0 cm³/mol. The van der Waals surface area contributed by atoms with E-state index in [0.29, 0.717) is 10.6 Å². The summed E-state index contributed by atoms with van der Waals surface area (Å²) < 4.78 is 0. The summed E-state index contributed by atoms with van der Waals surface area (Å²) in [7, 11) is 3.69. The first-order valence-electron chi connectivity index (χ1n) is 5.31. The summed E-state index contributed by atoms with van der Waals surface area (Å²) in [5.41, 5.74) is 0.566. The van der Waals surface area contributed by atoms with Crippen LogP contribution in [0.2, 0.25) is 5.02 Å². The van der Waals surface area contributed by atoms with E-state index >= 15 is 0 Å². The number of amides is 1. The zero-order valence-corrected chi connectivity index (χ0v) is 10.4. The molecule has 0 radical (unpaired) electrons. The molecule has 3 nitrogen and oxygen atoms in total. The summed E-state index contributed by atoms with van der Waals surface area (Å²) in [6, 6.07) is 7.12. The lowest BCUT2D eigenvalue weighted by Crippen LogP contribution is -2.29. The number of rotatable bonds is 5. The van der Waals surface area contributed by atoms with Gasteiger partial charge in [-0.2, -0.15) is 0 Å². The number of hydrogen-bond acceptors (Lipinski definition) is 2. The van der Waals surface area contributed by atoms with E-state index in [0.717, 1.165) is 19.5 Å². The van der Waals surface area contributed by atoms with Crippen LogP contribution < -0.4 is 5.32 Å². The third-order valence-electron chi connectivity index (χ3n) is 2.37. The van der Waals surface area contributed by atoms with Gasteiger partial charge in [0, 0.05) is 13.6 Å². The summed E-state index contributed by atoms with van der Waals surface area (Å²) in [6.07, 6.45) is 0.934. The van der Waals surface area contributed by atoms with Gasteiger partial charge in [0.15, 0.2) is 0 Å². The highest BCUT2D eigenvalue weighted by molar-refractivity contribution is 6.33. The summed E-state index contributed by atoms with van der Waals surface area (Å²) in [5.74, 6) is -0.0262. The van der Waals surface area contributed by atoms with Crippen molar-refractivity contribution in [2.45, 2.75) is 6.42 Å². The van der Waals surface area contributed by atoms with E-state index in [1.165, 1.54) is 0 Å². The zero-order chi connectivity index (χ0) is 12.0. The predicted octanol–water partition coefficient (Wildman–Crippen LogP) is 2.02. The molecule has 0 fully saturated rings. The molecule has 0 aliphatic carbocycles. The number of nitrogens with one attached hydrogen (secondary N) is 1. The minimum atomic E-state index is -0.0262. The smallest absolute Gasteiger partial charge is 0.255 e. The van der Waals surface area contributed by atoms with Crippen LogP contribution in [0.1, 0.15) is 16.8 Å². The monoisotopic (exact) mass is 240 g/mol. The van der Waals surface area contributed by atoms with Crippen LogP contribution in [0.25, 0.3) is 0 Å². The van der Waals surface area contributed by atoms with Crippen LogP contribution in [-0.4, -0.2) is 38.0 Å². The maximum absolute atomic E-state index is 12.0. The van der Waals surface area contributed by atoms with Crippen molar-refractivity contribution in [3.8, 4) is 0 Å². The lowest BCUT2D eigenvalue weighted by molar-refractivity contribution is 0.0794. The van der Waals surface area contributed by atoms with Gasteiger partial charge >= 0.3 is 0 Å². The molecule has 1 N–H and O–H groups in total. The van der Waals surface area contributed by atoms with E-state index in [2.05, 4.69) is 5.32 Å². The molecule has 0 aromatic heterocycles. The molecule has 4 heteroatoms. The third-order valence-corrected chi connectivity index (χ3v) is 2.70. The minimum Gasteiger partial charge on any atom is -0.342 e. The van der Waals surface area contributed by atoms with Crippen LogP contribution in [0.5, 0.6) is 0 Å². The first kappa shape index (κ1) is 13.0. The molecule has 0 bridgehead atoms. The molecule has 1 rings (SSSR count). The number of benzene rings is 1. The second-order valence-corrected chi connectivity index (χ2v) is 4.07. The molecule has 16 heavy (non-hydrogen) atoms. The van der Waals surface area contributed by atoms with Gasteiger partial charge in [0.1, 0.15) is 0 Å². The van der Waals surface area contributed by atoms with Crippen LogP contribution in [0, 0.1) is 0 Å². The topological polar surface area (TPSA) is 32.3 Å². The molecule has 1 aromatic rings. The molecule has 0 atom stereocenters. The molecule has 1 amide bonds. The van der Waals surface area contributed by atoms with Crippen molar-refractivity contribution in [1.82, 2.24) is 10.2 Å². The SMILES string of the molecule is CNCCCN(C)C(=O)c1ccccc1Cl. The van der Waals surface area contributed by atoms with Crippen molar-refractivity contribution in [3.05, 3.63) is 34.9 Å². The van der Waals surface area contributed by atoms with Gasteiger partial charge in [-0.25, -0.2) is 0 Å². The number of halogens is 1. The number of hydrogen-bond donors (Lipinski definition) is 1. The van der Waals surface area contributed by atoms with E-state index in [1.54, 1.807) is 24.1 Å². The quantitative estimate of drug-likeness (QED) is 0.799. The Labute approximate surface area is 101 Å². The van der Waals surface area contributed by atoms with E-state index in [9.17, 15) is 4.79 Å². The van der Waals surface area contributed by atoms with Crippen LogP contribution in [0.15, 0.2) is 24.3 Å². The largest absolute Gasteiger partial charge is 0.342 e. The standard InChI is InChI=1S/C12H17ClN2O/c1-14-8-5-9-15(2)12(16)10-6-3-4-7-11(10)13/h3-4,6-7,14H,5,8-9H2,1-2H3. The average Bonchev–Trinajstić information content (AvgIpc) is 2.29. The van der Waals surface area contributed by atoms with Gasteiger partial charge in [-0.3, -0.25) is 4.79 Å². The molecule has 0 aliphatic heterocycles. The van der Waals surface area contributed by atoms with Gasteiger partial charge in [0.2, 0.25) is 0 Å². The van der Waals surface area contributed by atoms with Crippen molar-refractivity contribution in [2.24, 2.45) is 0 Å². The molecule has 0 saturated heterocycles. The molecule has 0 unspecified atom stereocenters. The molecule has 0 spiro atoms. The Bertz CT molecular complexity index is 355. The van der Waals surface area contributed by atoms with Crippen molar-refractivity contribution in [2.75, 3.05) is 27.2 Å². The fourth-order valence-corrected chi connectivity index (χ4v) is 1.65. The third kappa shape index (κ3) is 3.51. The summed E-state index contributed by atoms with van der Waals surface area (Å²) in [6.45, 7) is 1.63. The first-order valence-corrected chi connectivity index (χ1v) is 5.69. The normalized spacial score (nSPS) is 10.2. The van der Waals surface area contributed by atoms with Crippen LogP contribution in [-0.2, 0) is 0 Å². The fraction of sp³-hybridized carbons (Fsp3) is 0.417. The lowest BCUT2D eigenvalue weighted by Gasteiger charge is -2.17. The van der Waals surface area contributed by atoms with Gasteiger partial charge in [-0.1, -0.05) is 23.7 Å². The molecule has 1 aromatic carbocycles. The average molecular weight is 241 g/mol. The van der Waals surface area contributed by atoms with Crippen LogP contribution in [0.3, 0.4) is 0 Å². The van der Waals surface area contributed by atoms with Crippen molar-refractivity contribution in [3.63, 3.8) is 0 Å². The highest BCUT2D eigenvalue weighted by Gasteiger charge is 2.13. The zero-order valence-electron chi connectivity index (χ0n) is 9.66. The Morgan fingerprint density at radius 3 is 2.75 bits per heavy atom. The fourth-order valence-electron chi connectivity index (χ4n) is 1.43. The Morgan fingerprint density at radius 2 is 2.12 bits per heavy atom. The van der Waals surface area contributed by atoms with E-state index in [1.807, 2.05) is 19.2 Å². The van der Waals surface area contributed by atoms with E-state index in [4.69, 9.17) is 11.6 Å². The summed E-state index contributed by atoms with van der Waals surface area (Å²) >= 11 is 5.96. The highest BCUT2D eigenvalue weighted by Crippen LogP contribution is 2.16. The first-order chi connectivity index (χ1) is 7.66. The van der Waals surface area contributed by atoms with Crippen molar-refractivity contribution in [1.29, 1.82) is 0 Å². The van der Waals surface area contributed by atoms with Crippen molar-refractivity contribution < 1.29 is 4.79 Å². The van der Waals surface area contributed by atoms with Crippen LogP contribution in [0.4, 0.5) is 0 Å².